The van der Waals surface area contributed by atoms with Gasteiger partial charge in [0.1, 0.15) is 6.61 Å². The second-order valence-corrected chi connectivity index (χ2v) is 2.53. The Hall–Kier alpha value is -0.610. The lowest BCUT2D eigenvalue weighted by Gasteiger charge is -2.22. The summed E-state index contributed by atoms with van der Waals surface area (Å²) in [6.45, 7) is 4.04. The summed E-state index contributed by atoms with van der Waals surface area (Å²) in [5.74, 6) is -0.239. The van der Waals surface area contributed by atoms with Crippen molar-refractivity contribution in [1.29, 1.82) is 0 Å². The second-order valence-electron chi connectivity index (χ2n) is 2.53. The third kappa shape index (κ3) is 3.34. The monoisotopic (exact) mass is 159 g/mol. The van der Waals surface area contributed by atoms with Crippen LogP contribution in [0.3, 0.4) is 0 Å². The van der Waals surface area contributed by atoms with Crippen molar-refractivity contribution in [3.8, 4) is 0 Å². The van der Waals surface area contributed by atoms with Crippen molar-refractivity contribution in [3.63, 3.8) is 0 Å². The van der Waals surface area contributed by atoms with E-state index in [2.05, 4.69) is 5.32 Å². The maximum atomic E-state index is 10.4. The van der Waals surface area contributed by atoms with Crippen molar-refractivity contribution >= 4 is 5.97 Å². The van der Waals surface area contributed by atoms with Crippen molar-refractivity contribution in [2.75, 3.05) is 26.4 Å². The lowest BCUT2D eigenvalue weighted by atomic mass is 10.3. The van der Waals surface area contributed by atoms with E-state index in [-0.39, 0.29) is 12.0 Å². The Kier molecular flexibility index (Phi) is 3.32. The quantitative estimate of drug-likeness (QED) is 0.554. The van der Waals surface area contributed by atoms with Gasteiger partial charge in [-0.25, -0.2) is 0 Å². The molecule has 0 saturated carbocycles. The molecule has 1 atom stereocenters. The van der Waals surface area contributed by atoms with E-state index in [1.54, 1.807) is 0 Å². The third-order valence-electron chi connectivity index (χ3n) is 1.49. The minimum Gasteiger partial charge on any atom is -0.464 e. The van der Waals surface area contributed by atoms with Crippen LogP contribution < -0.4 is 5.32 Å². The molecule has 1 N–H and O–H groups in total. The van der Waals surface area contributed by atoms with Crippen LogP contribution >= 0.6 is 0 Å². The minimum atomic E-state index is -0.239. The van der Waals surface area contributed by atoms with Gasteiger partial charge < -0.3 is 14.8 Å². The first-order valence-corrected chi connectivity index (χ1v) is 3.73. The highest BCUT2D eigenvalue weighted by molar-refractivity contribution is 5.65. The number of ether oxygens (including phenoxy) is 2. The average Bonchev–Trinajstić information content (AvgIpc) is 2.03. The molecule has 4 nitrogen and oxygen atoms in total. The van der Waals surface area contributed by atoms with Crippen molar-refractivity contribution < 1.29 is 14.3 Å². The summed E-state index contributed by atoms with van der Waals surface area (Å²) >= 11 is 0. The van der Waals surface area contributed by atoms with Crippen LogP contribution in [-0.4, -0.2) is 38.4 Å². The van der Waals surface area contributed by atoms with E-state index >= 15 is 0 Å². The lowest BCUT2D eigenvalue weighted by molar-refractivity contribution is -0.142. The number of carbonyl (C=O) groups excluding carboxylic acids is 1. The van der Waals surface area contributed by atoms with Crippen LogP contribution in [0.25, 0.3) is 0 Å². The lowest BCUT2D eigenvalue weighted by Crippen LogP contribution is -2.44. The van der Waals surface area contributed by atoms with E-state index < -0.39 is 0 Å². The Bertz CT molecular complexity index is 132. The van der Waals surface area contributed by atoms with Gasteiger partial charge in [-0.1, -0.05) is 0 Å². The molecular weight excluding hydrogens is 146 g/mol. The van der Waals surface area contributed by atoms with Crippen LogP contribution in [0.4, 0.5) is 0 Å². The van der Waals surface area contributed by atoms with Gasteiger partial charge in [-0.05, 0) is 0 Å². The molecule has 1 rings (SSSR count). The molecule has 1 aliphatic heterocycles. The van der Waals surface area contributed by atoms with Crippen molar-refractivity contribution in [2.24, 2.45) is 0 Å². The molecule has 0 radical (unpaired) electrons. The summed E-state index contributed by atoms with van der Waals surface area (Å²) in [5, 5.41) is 3.17. The van der Waals surface area contributed by atoms with Gasteiger partial charge in [0.25, 0.3) is 0 Å². The molecule has 0 amide bonds. The van der Waals surface area contributed by atoms with Gasteiger partial charge >= 0.3 is 5.97 Å². The van der Waals surface area contributed by atoms with Crippen LogP contribution in [-0.2, 0) is 14.3 Å². The molecule has 4 heteroatoms. The minimum absolute atomic E-state index is 0.174. The van der Waals surface area contributed by atoms with Crippen molar-refractivity contribution in [2.45, 2.75) is 13.0 Å². The summed E-state index contributed by atoms with van der Waals surface area (Å²) in [4.78, 5) is 10.4. The zero-order chi connectivity index (χ0) is 8.10. The summed E-state index contributed by atoms with van der Waals surface area (Å²) in [7, 11) is 0. The van der Waals surface area contributed by atoms with Crippen LogP contribution in [0.2, 0.25) is 0 Å². The molecule has 0 aliphatic carbocycles. The van der Waals surface area contributed by atoms with Gasteiger partial charge in [0, 0.05) is 13.5 Å². The Morgan fingerprint density at radius 1 is 1.82 bits per heavy atom. The predicted molar refractivity (Wildman–Crippen MR) is 39.2 cm³/mol. The molecule has 0 aromatic rings. The number of hydrogen-bond acceptors (Lipinski definition) is 4. The predicted octanol–water partition coefficient (Wildman–Crippen LogP) is -0.462. The highest BCUT2D eigenvalue weighted by Gasteiger charge is 2.13. The maximum Gasteiger partial charge on any atom is 0.302 e. The van der Waals surface area contributed by atoms with Crippen molar-refractivity contribution in [3.05, 3.63) is 0 Å². The Balaban J connectivity index is 2.09. The first-order valence-electron chi connectivity index (χ1n) is 3.73. The average molecular weight is 159 g/mol. The highest BCUT2D eigenvalue weighted by atomic mass is 16.5. The van der Waals surface area contributed by atoms with Gasteiger partial charge in [0.05, 0.1) is 19.3 Å². The first-order chi connectivity index (χ1) is 5.29. The Labute approximate surface area is 65.9 Å². The molecule has 0 aromatic carbocycles. The number of rotatable bonds is 2. The highest BCUT2D eigenvalue weighted by Crippen LogP contribution is 1.93. The number of nitrogens with one attached hydrogen (secondary N) is 1. The molecule has 0 bridgehead atoms. The molecule has 11 heavy (non-hydrogen) atoms. The molecule has 0 spiro atoms. The SMILES string of the molecule is CC(=O)OC[C@@H]1COCCN1. The van der Waals surface area contributed by atoms with Gasteiger partial charge in [0.15, 0.2) is 0 Å². The van der Waals surface area contributed by atoms with E-state index in [1.807, 2.05) is 0 Å². The summed E-state index contributed by atoms with van der Waals surface area (Å²) < 4.78 is 9.96. The van der Waals surface area contributed by atoms with Gasteiger partial charge in [0.2, 0.25) is 0 Å². The molecule has 64 valence electrons. The normalized spacial score (nSPS) is 24.6. The largest absolute Gasteiger partial charge is 0.464 e. The number of esters is 1. The first kappa shape index (κ1) is 8.49. The molecule has 1 aliphatic rings. The Morgan fingerprint density at radius 3 is 3.18 bits per heavy atom. The summed E-state index contributed by atoms with van der Waals surface area (Å²) in [5.41, 5.74) is 0. The zero-order valence-corrected chi connectivity index (χ0v) is 6.63. The molecule has 0 aromatic heterocycles. The van der Waals surface area contributed by atoms with Crippen LogP contribution in [0, 0.1) is 0 Å². The molecule has 1 saturated heterocycles. The van der Waals surface area contributed by atoms with E-state index in [0.717, 1.165) is 13.2 Å². The third-order valence-corrected chi connectivity index (χ3v) is 1.49. The standard InChI is InChI=1S/C7H13NO3/c1-6(9)11-5-7-4-10-3-2-8-7/h7-8H,2-5H2,1H3/t7-/m0/s1. The van der Waals surface area contributed by atoms with E-state index in [9.17, 15) is 4.79 Å². The van der Waals surface area contributed by atoms with E-state index in [1.165, 1.54) is 6.92 Å². The van der Waals surface area contributed by atoms with E-state index in [4.69, 9.17) is 9.47 Å². The Morgan fingerprint density at radius 2 is 2.64 bits per heavy atom. The van der Waals surface area contributed by atoms with Gasteiger partial charge in [-0.2, -0.15) is 0 Å². The fraction of sp³-hybridized carbons (Fsp3) is 0.857. The fourth-order valence-corrected chi connectivity index (χ4v) is 0.945. The van der Waals surface area contributed by atoms with Gasteiger partial charge in [-0.15, -0.1) is 0 Å². The molecule has 1 heterocycles. The zero-order valence-electron chi connectivity index (χ0n) is 6.63. The second kappa shape index (κ2) is 4.31. The van der Waals surface area contributed by atoms with Gasteiger partial charge in [-0.3, -0.25) is 4.79 Å². The molecular formula is C7H13NO3. The number of hydrogen-bond donors (Lipinski definition) is 1. The molecule has 0 unspecified atom stereocenters. The number of carbonyl (C=O) groups is 1. The van der Waals surface area contributed by atoms with Crippen molar-refractivity contribution in [1.82, 2.24) is 5.32 Å². The fourth-order valence-electron chi connectivity index (χ4n) is 0.945. The topological polar surface area (TPSA) is 47.6 Å². The van der Waals surface area contributed by atoms with Crippen LogP contribution in [0.15, 0.2) is 0 Å². The van der Waals surface area contributed by atoms with Crippen LogP contribution in [0.5, 0.6) is 0 Å². The molecule has 1 fully saturated rings. The smallest absolute Gasteiger partial charge is 0.302 e. The maximum absolute atomic E-state index is 10.4. The summed E-state index contributed by atoms with van der Waals surface area (Å²) in [6, 6.07) is 0.174. The number of morpholine rings is 1. The van der Waals surface area contributed by atoms with Crippen LogP contribution in [0.1, 0.15) is 6.92 Å². The van der Waals surface area contributed by atoms with E-state index in [0.29, 0.717) is 13.2 Å². The summed E-state index contributed by atoms with van der Waals surface area (Å²) in [6.07, 6.45) is 0.